The van der Waals surface area contributed by atoms with E-state index in [1.807, 2.05) is 51.1 Å². The summed E-state index contributed by atoms with van der Waals surface area (Å²) in [6.45, 7) is 6.18. The molecule has 1 amide bonds. The van der Waals surface area contributed by atoms with Gasteiger partial charge in [-0.3, -0.25) is 0 Å². The predicted octanol–water partition coefficient (Wildman–Crippen LogP) is 3.16. The van der Waals surface area contributed by atoms with E-state index >= 15 is 0 Å². The van der Waals surface area contributed by atoms with Gasteiger partial charge in [0.1, 0.15) is 5.60 Å². The first-order valence-corrected chi connectivity index (χ1v) is 6.69. The van der Waals surface area contributed by atoms with Crippen LogP contribution in [0.2, 0.25) is 0 Å². The molecule has 2 N–H and O–H groups in total. The fourth-order valence-electron chi connectivity index (χ4n) is 1.88. The molecule has 104 valence electrons. The molecule has 19 heavy (non-hydrogen) atoms. The van der Waals surface area contributed by atoms with Crippen LogP contribution in [0.25, 0.3) is 0 Å². The van der Waals surface area contributed by atoms with Crippen LogP contribution in [0.4, 0.5) is 10.5 Å². The van der Waals surface area contributed by atoms with E-state index in [0.29, 0.717) is 6.54 Å². The number of alkyl carbamates (subject to hydrolysis) is 1. The lowest BCUT2D eigenvalue weighted by Crippen LogP contribution is -2.40. The summed E-state index contributed by atoms with van der Waals surface area (Å²) in [5.74, 6) is 0. The third-order valence-corrected chi connectivity index (χ3v) is 3.01. The molecule has 1 aromatic carbocycles. The average molecular weight is 262 g/mol. The molecule has 2 rings (SSSR count). The van der Waals surface area contributed by atoms with Crippen LogP contribution in [0.1, 0.15) is 33.6 Å². The summed E-state index contributed by atoms with van der Waals surface area (Å²) in [6.07, 6.45) is 1.78. The minimum absolute atomic E-state index is 0.00173. The molecule has 0 bridgehead atoms. The number of carbonyl (C=O) groups excluding carboxylic acids is 1. The number of benzene rings is 1. The first-order valence-electron chi connectivity index (χ1n) is 6.69. The normalized spacial score (nSPS) is 16.6. The van der Waals surface area contributed by atoms with Crippen LogP contribution >= 0.6 is 0 Å². The number of carbonyl (C=O) groups is 1. The largest absolute Gasteiger partial charge is 0.444 e. The van der Waals surface area contributed by atoms with Crippen LogP contribution in [0.5, 0.6) is 0 Å². The van der Waals surface area contributed by atoms with Crippen molar-refractivity contribution in [2.45, 2.75) is 44.8 Å². The van der Waals surface area contributed by atoms with Crippen molar-refractivity contribution in [2.75, 3.05) is 11.9 Å². The highest BCUT2D eigenvalue weighted by Gasteiger charge is 2.43. The van der Waals surface area contributed by atoms with Gasteiger partial charge in [0.15, 0.2) is 0 Å². The minimum atomic E-state index is -0.451. The zero-order chi connectivity index (χ0) is 13.9. The number of para-hydroxylation sites is 1. The topological polar surface area (TPSA) is 50.4 Å². The lowest BCUT2D eigenvalue weighted by atomic mass is 10.2. The quantitative estimate of drug-likeness (QED) is 0.876. The Bertz CT molecular complexity index is 433. The lowest BCUT2D eigenvalue weighted by Gasteiger charge is -2.23. The molecular weight excluding hydrogens is 240 g/mol. The SMILES string of the molecule is CC(C)(C)OC(=O)NCC1(Nc2ccccc2)CC1. The fraction of sp³-hybridized carbons (Fsp3) is 0.533. The molecule has 0 aliphatic heterocycles. The Labute approximate surface area is 114 Å². The molecule has 1 saturated carbocycles. The maximum atomic E-state index is 11.6. The van der Waals surface area contributed by atoms with E-state index in [1.165, 1.54) is 0 Å². The molecule has 0 radical (unpaired) electrons. The zero-order valence-electron chi connectivity index (χ0n) is 11.8. The molecule has 1 aromatic rings. The van der Waals surface area contributed by atoms with Crippen LogP contribution in [-0.2, 0) is 4.74 Å². The molecular formula is C15H22N2O2. The van der Waals surface area contributed by atoms with Gasteiger partial charge in [-0.15, -0.1) is 0 Å². The van der Waals surface area contributed by atoms with Crippen molar-refractivity contribution in [3.05, 3.63) is 30.3 Å². The van der Waals surface area contributed by atoms with Gasteiger partial charge in [-0.1, -0.05) is 18.2 Å². The average Bonchev–Trinajstić information content (AvgIpc) is 3.06. The summed E-state index contributed by atoms with van der Waals surface area (Å²) >= 11 is 0. The van der Waals surface area contributed by atoms with Crippen molar-refractivity contribution in [2.24, 2.45) is 0 Å². The fourth-order valence-corrected chi connectivity index (χ4v) is 1.88. The number of rotatable bonds is 4. The van der Waals surface area contributed by atoms with Gasteiger partial charge in [0, 0.05) is 12.2 Å². The van der Waals surface area contributed by atoms with Crippen molar-refractivity contribution in [3.63, 3.8) is 0 Å². The summed E-state index contributed by atoms with van der Waals surface area (Å²) in [5, 5.41) is 6.32. The van der Waals surface area contributed by atoms with Crippen LogP contribution in [0.3, 0.4) is 0 Å². The van der Waals surface area contributed by atoms with Gasteiger partial charge in [0.05, 0.1) is 5.54 Å². The summed E-state index contributed by atoms with van der Waals surface area (Å²) in [7, 11) is 0. The number of hydrogen-bond acceptors (Lipinski definition) is 3. The van der Waals surface area contributed by atoms with Crippen molar-refractivity contribution in [3.8, 4) is 0 Å². The van der Waals surface area contributed by atoms with E-state index in [-0.39, 0.29) is 11.6 Å². The smallest absolute Gasteiger partial charge is 0.407 e. The Hall–Kier alpha value is -1.71. The van der Waals surface area contributed by atoms with Gasteiger partial charge in [-0.05, 0) is 45.7 Å². The molecule has 0 saturated heterocycles. The monoisotopic (exact) mass is 262 g/mol. The number of ether oxygens (including phenoxy) is 1. The van der Waals surface area contributed by atoms with Crippen LogP contribution in [0, 0.1) is 0 Å². The maximum absolute atomic E-state index is 11.6. The summed E-state index contributed by atoms with van der Waals surface area (Å²) < 4.78 is 5.23. The number of hydrogen-bond donors (Lipinski definition) is 2. The van der Waals surface area contributed by atoms with E-state index < -0.39 is 5.60 Å². The van der Waals surface area contributed by atoms with Crippen molar-refractivity contribution >= 4 is 11.8 Å². The van der Waals surface area contributed by atoms with Crippen LogP contribution in [0.15, 0.2) is 30.3 Å². The highest BCUT2D eigenvalue weighted by molar-refractivity contribution is 5.68. The first kappa shape index (κ1) is 13.7. The van der Waals surface area contributed by atoms with Gasteiger partial charge in [0.2, 0.25) is 0 Å². The van der Waals surface area contributed by atoms with E-state index in [4.69, 9.17) is 4.74 Å². The van der Waals surface area contributed by atoms with Gasteiger partial charge >= 0.3 is 6.09 Å². The van der Waals surface area contributed by atoms with E-state index in [0.717, 1.165) is 18.5 Å². The van der Waals surface area contributed by atoms with Crippen molar-refractivity contribution in [1.82, 2.24) is 5.32 Å². The molecule has 0 atom stereocenters. The van der Waals surface area contributed by atoms with Crippen molar-refractivity contribution in [1.29, 1.82) is 0 Å². The van der Waals surface area contributed by atoms with Gasteiger partial charge in [-0.2, -0.15) is 0 Å². The molecule has 0 unspecified atom stereocenters. The second kappa shape index (κ2) is 5.11. The lowest BCUT2D eigenvalue weighted by molar-refractivity contribution is 0.0524. The maximum Gasteiger partial charge on any atom is 0.407 e. The Balaban J connectivity index is 1.81. The Morgan fingerprint density at radius 2 is 1.89 bits per heavy atom. The van der Waals surface area contributed by atoms with Gasteiger partial charge in [0.25, 0.3) is 0 Å². The van der Waals surface area contributed by atoms with E-state index in [2.05, 4.69) is 10.6 Å². The first-order chi connectivity index (χ1) is 8.89. The molecule has 1 fully saturated rings. The Morgan fingerprint density at radius 3 is 2.42 bits per heavy atom. The van der Waals surface area contributed by atoms with E-state index in [9.17, 15) is 4.79 Å². The highest BCUT2D eigenvalue weighted by atomic mass is 16.6. The standard InChI is InChI=1S/C15H22N2O2/c1-14(2,3)19-13(18)16-11-15(9-10-15)17-12-7-5-4-6-8-12/h4-8,17H,9-11H2,1-3H3,(H,16,18). The molecule has 1 aliphatic rings. The number of anilines is 1. The molecule has 1 aliphatic carbocycles. The van der Waals surface area contributed by atoms with Crippen LogP contribution in [-0.4, -0.2) is 23.8 Å². The Kier molecular flexibility index (Phi) is 3.69. The molecule has 4 heteroatoms. The second-order valence-corrected chi connectivity index (χ2v) is 6.13. The van der Waals surface area contributed by atoms with Gasteiger partial charge in [-0.25, -0.2) is 4.79 Å². The summed E-state index contributed by atoms with van der Waals surface area (Å²) in [6, 6.07) is 10.1. The molecule has 0 heterocycles. The number of amides is 1. The predicted molar refractivity (Wildman–Crippen MR) is 76.3 cm³/mol. The van der Waals surface area contributed by atoms with Crippen LogP contribution < -0.4 is 10.6 Å². The molecule has 4 nitrogen and oxygen atoms in total. The molecule has 0 spiro atoms. The molecule has 0 aromatic heterocycles. The summed E-state index contributed by atoms with van der Waals surface area (Å²) in [4.78, 5) is 11.6. The summed E-state index contributed by atoms with van der Waals surface area (Å²) in [5.41, 5.74) is 0.636. The third-order valence-electron chi connectivity index (χ3n) is 3.01. The minimum Gasteiger partial charge on any atom is -0.444 e. The van der Waals surface area contributed by atoms with Crippen molar-refractivity contribution < 1.29 is 9.53 Å². The third kappa shape index (κ3) is 4.47. The number of nitrogens with one attached hydrogen (secondary N) is 2. The highest BCUT2D eigenvalue weighted by Crippen LogP contribution is 2.38. The van der Waals surface area contributed by atoms with Gasteiger partial charge < -0.3 is 15.4 Å². The Morgan fingerprint density at radius 1 is 1.26 bits per heavy atom. The second-order valence-electron chi connectivity index (χ2n) is 6.13. The zero-order valence-corrected chi connectivity index (χ0v) is 11.8. The van der Waals surface area contributed by atoms with E-state index in [1.54, 1.807) is 0 Å².